The van der Waals surface area contributed by atoms with Crippen LogP contribution in [0.15, 0.2) is 48.5 Å². The molecular weight excluding hydrogens is 363 g/mol. The van der Waals surface area contributed by atoms with Gasteiger partial charge in [0, 0.05) is 18.5 Å². The van der Waals surface area contributed by atoms with Crippen molar-refractivity contribution in [2.24, 2.45) is 0 Å². The summed E-state index contributed by atoms with van der Waals surface area (Å²) < 4.78 is 41.7. The van der Waals surface area contributed by atoms with E-state index in [1.165, 1.54) is 24.3 Å². The number of halogens is 3. The minimum Gasteiger partial charge on any atom is -0.482 e. The Kier molecular flexibility index (Phi) is 6.81. The molecule has 2 aromatic rings. The van der Waals surface area contributed by atoms with Gasteiger partial charge >= 0.3 is 12.1 Å². The van der Waals surface area contributed by atoms with Crippen molar-refractivity contribution in [1.82, 2.24) is 5.32 Å². The van der Waals surface area contributed by atoms with Gasteiger partial charge in [0.2, 0.25) is 0 Å². The van der Waals surface area contributed by atoms with Gasteiger partial charge < -0.3 is 15.2 Å². The maximum Gasteiger partial charge on any atom is 0.389 e. The maximum atomic E-state index is 12.2. The zero-order valence-electron chi connectivity index (χ0n) is 14.3. The molecule has 0 aliphatic rings. The molecule has 2 rings (SSSR count). The van der Waals surface area contributed by atoms with Gasteiger partial charge in [0.15, 0.2) is 6.61 Å². The molecule has 0 aromatic heterocycles. The minimum atomic E-state index is -4.21. The molecule has 0 fully saturated rings. The molecule has 0 spiro atoms. The number of carboxylic acid groups (broad SMARTS) is 1. The Morgan fingerprint density at radius 2 is 1.74 bits per heavy atom. The lowest BCUT2D eigenvalue weighted by Gasteiger charge is -2.09. The molecule has 0 unspecified atom stereocenters. The predicted octanol–water partition coefficient (Wildman–Crippen LogP) is 3.57. The van der Waals surface area contributed by atoms with Crippen LogP contribution in [-0.4, -0.2) is 29.8 Å². The van der Waals surface area contributed by atoms with Crippen LogP contribution in [0.5, 0.6) is 5.75 Å². The molecule has 0 radical (unpaired) electrons. The number of carboxylic acids is 1. The van der Waals surface area contributed by atoms with Gasteiger partial charge in [-0.05, 0) is 41.8 Å². The van der Waals surface area contributed by atoms with Crippen molar-refractivity contribution >= 4 is 11.9 Å². The number of carbonyl (C=O) groups excluding carboxylic acids is 1. The van der Waals surface area contributed by atoms with E-state index in [0.29, 0.717) is 22.4 Å². The number of hydrogen-bond acceptors (Lipinski definition) is 3. The third-order valence-electron chi connectivity index (χ3n) is 3.63. The van der Waals surface area contributed by atoms with Crippen LogP contribution in [0.1, 0.15) is 27.9 Å². The quantitative estimate of drug-likeness (QED) is 0.733. The van der Waals surface area contributed by atoms with E-state index in [-0.39, 0.29) is 18.9 Å². The summed E-state index contributed by atoms with van der Waals surface area (Å²) in [6.07, 6.45) is -5.24. The summed E-state index contributed by atoms with van der Waals surface area (Å²) in [5.41, 5.74) is 1.56. The lowest BCUT2D eigenvalue weighted by atomic mass is 10.1. The summed E-state index contributed by atoms with van der Waals surface area (Å²) in [5, 5.41) is 11.3. The monoisotopic (exact) mass is 381 g/mol. The fraction of sp³-hybridized carbons (Fsp3) is 0.263. The molecule has 0 saturated heterocycles. The number of aryl methyl sites for hydroxylation is 1. The molecule has 0 saturated carbocycles. The molecule has 0 aliphatic heterocycles. The van der Waals surface area contributed by atoms with E-state index >= 15 is 0 Å². The summed E-state index contributed by atoms with van der Waals surface area (Å²) in [7, 11) is 0. The van der Waals surface area contributed by atoms with E-state index in [1.807, 2.05) is 0 Å². The summed E-state index contributed by atoms with van der Waals surface area (Å²) in [4.78, 5) is 22.7. The van der Waals surface area contributed by atoms with Crippen molar-refractivity contribution in [3.63, 3.8) is 0 Å². The average molecular weight is 381 g/mol. The topological polar surface area (TPSA) is 75.6 Å². The Morgan fingerprint density at radius 3 is 2.37 bits per heavy atom. The highest BCUT2D eigenvalue weighted by molar-refractivity contribution is 5.94. The highest BCUT2D eigenvalue weighted by Gasteiger charge is 2.26. The summed E-state index contributed by atoms with van der Waals surface area (Å²) in [6.45, 7) is -0.268. The number of ether oxygens (including phenoxy) is 1. The molecule has 1 amide bonds. The first kappa shape index (κ1) is 20.3. The summed E-state index contributed by atoms with van der Waals surface area (Å²) in [5.74, 6) is -1.08. The average Bonchev–Trinajstić information content (AvgIpc) is 2.63. The number of rotatable bonds is 8. The van der Waals surface area contributed by atoms with Crippen molar-refractivity contribution in [1.29, 1.82) is 0 Å². The zero-order valence-corrected chi connectivity index (χ0v) is 14.3. The van der Waals surface area contributed by atoms with E-state index in [0.717, 1.165) is 0 Å². The SMILES string of the molecule is O=C(O)COc1cccc(CNC(=O)c2ccc(CCC(F)(F)F)cc2)c1. The highest BCUT2D eigenvalue weighted by Crippen LogP contribution is 2.22. The van der Waals surface area contributed by atoms with Gasteiger partial charge in [0.25, 0.3) is 5.91 Å². The Hall–Kier alpha value is -3.03. The Balaban J connectivity index is 1.88. The Morgan fingerprint density at radius 1 is 1.04 bits per heavy atom. The second-order valence-corrected chi connectivity index (χ2v) is 5.82. The van der Waals surface area contributed by atoms with Gasteiger partial charge in [-0.25, -0.2) is 4.79 Å². The van der Waals surface area contributed by atoms with Gasteiger partial charge in [0.1, 0.15) is 5.75 Å². The Labute approximate surface area is 153 Å². The first-order chi connectivity index (χ1) is 12.7. The lowest BCUT2D eigenvalue weighted by Crippen LogP contribution is -2.22. The van der Waals surface area contributed by atoms with Crippen LogP contribution in [0.3, 0.4) is 0 Å². The predicted molar refractivity (Wildman–Crippen MR) is 91.6 cm³/mol. The first-order valence-electron chi connectivity index (χ1n) is 8.10. The van der Waals surface area contributed by atoms with Gasteiger partial charge in [-0.2, -0.15) is 13.2 Å². The summed E-state index contributed by atoms with van der Waals surface area (Å²) >= 11 is 0. The number of benzene rings is 2. The largest absolute Gasteiger partial charge is 0.482 e. The van der Waals surface area contributed by atoms with Crippen molar-refractivity contribution in [2.45, 2.75) is 25.6 Å². The van der Waals surface area contributed by atoms with Gasteiger partial charge in [-0.3, -0.25) is 4.79 Å². The molecule has 0 aliphatic carbocycles. The Bertz CT molecular complexity index is 788. The van der Waals surface area contributed by atoms with E-state index in [2.05, 4.69) is 5.32 Å². The van der Waals surface area contributed by atoms with Crippen LogP contribution in [0, 0.1) is 0 Å². The van der Waals surface area contributed by atoms with Crippen LogP contribution in [0.25, 0.3) is 0 Å². The van der Waals surface area contributed by atoms with Crippen LogP contribution in [0.2, 0.25) is 0 Å². The van der Waals surface area contributed by atoms with Crippen molar-refractivity contribution < 1.29 is 32.6 Å². The van der Waals surface area contributed by atoms with Crippen LogP contribution < -0.4 is 10.1 Å². The lowest BCUT2D eigenvalue weighted by molar-refractivity contribution is -0.139. The third-order valence-corrected chi connectivity index (χ3v) is 3.63. The van der Waals surface area contributed by atoms with Crippen molar-refractivity contribution in [2.75, 3.05) is 6.61 Å². The zero-order chi connectivity index (χ0) is 19.9. The molecular formula is C19H18F3NO4. The van der Waals surface area contributed by atoms with E-state index in [9.17, 15) is 22.8 Å². The highest BCUT2D eigenvalue weighted by atomic mass is 19.4. The number of amides is 1. The second kappa shape index (κ2) is 9.07. The standard InChI is InChI=1S/C19H18F3NO4/c20-19(21,22)9-8-13-4-6-15(7-5-13)18(26)23-11-14-2-1-3-16(10-14)27-12-17(24)25/h1-7,10H,8-9,11-12H2,(H,23,26)(H,24,25). The second-order valence-electron chi connectivity index (χ2n) is 5.82. The summed E-state index contributed by atoms with van der Waals surface area (Å²) in [6, 6.07) is 12.6. The normalized spacial score (nSPS) is 11.1. The third kappa shape index (κ3) is 7.39. The van der Waals surface area contributed by atoms with Crippen LogP contribution in [-0.2, 0) is 17.8 Å². The van der Waals surface area contributed by atoms with Gasteiger partial charge in [0.05, 0.1) is 0 Å². The van der Waals surface area contributed by atoms with Gasteiger partial charge in [-0.15, -0.1) is 0 Å². The molecule has 144 valence electrons. The fourth-order valence-corrected chi connectivity index (χ4v) is 2.28. The van der Waals surface area contributed by atoms with Gasteiger partial charge in [-0.1, -0.05) is 24.3 Å². The van der Waals surface area contributed by atoms with E-state index < -0.39 is 25.2 Å². The number of carbonyl (C=O) groups is 2. The molecule has 0 bridgehead atoms. The fourth-order valence-electron chi connectivity index (χ4n) is 2.28. The van der Waals surface area contributed by atoms with Crippen molar-refractivity contribution in [3.8, 4) is 5.75 Å². The number of alkyl halides is 3. The number of hydrogen-bond donors (Lipinski definition) is 2. The molecule has 2 aromatic carbocycles. The van der Waals surface area contributed by atoms with Crippen LogP contribution >= 0.6 is 0 Å². The maximum absolute atomic E-state index is 12.2. The molecule has 2 N–H and O–H groups in total. The molecule has 0 atom stereocenters. The molecule has 0 heterocycles. The van der Waals surface area contributed by atoms with Crippen molar-refractivity contribution in [3.05, 3.63) is 65.2 Å². The van der Waals surface area contributed by atoms with E-state index in [4.69, 9.17) is 9.84 Å². The molecule has 27 heavy (non-hydrogen) atoms. The number of aliphatic carboxylic acids is 1. The molecule has 8 heteroatoms. The van der Waals surface area contributed by atoms with Crippen LogP contribution in [0.4, 0.5) is 13.2 Å². The number of nitrogens with one attached hydrogen (secondary N) is 1. The molecule has 5 nitrogen and oxygen atoms in total. The smallest absolute Gasteiger partial charge is 0.389 e. The first-order valence-corrected chi connectivity index (χ1v) is 8.10. The van der Waals surface area contributed by atoms with E-state index in [1.54, 1.807) is 24.3 Å². The minimum absolute atomic E-state index is 0.130.